The van der Waals surface area contributed by atoms with E-state index in [1.165, 1.54) is 6.20 Å². The van der Waals surface area contributed by atoms with Gasteiger partial charge in [-0.05, 0) is 12.5 Å². The van der Waals surface area contributed by atoms with Crippen molar-refractivity contribution in [1.29, 1.82) is 0 Å². The first-order valence-corrected chi connectivity index (χ1v) is 8.22. The third kappa shape index (κ3) is 2.34. The van der Waals surface area contributed by atoms with Gasteiger partial charge in [0.1, 0.15) is 0 Å². The molecule has 1 aromatic heterocycles. The zero-order valence-electron chi connectivity index (χ0n) is 13.5. The van der Waals surface area contributed by atoms with Crippen molar-refractivity contribution in [2.75, 3.05) is 20.3 Å². The van der Waals surface area contributed by atoms with Gasteiger partial charge in [0.05, 0.1) is 18.3 Å². The van der Waals surface area contributed by atoms with Crippen molar-refractivity contribution >= 4 is 16.7 Å². The van der Waals surface area contributed by atoms with Gasteiger partial charge in [0, 0.05) is 48.6 Å². The van der Waals surface area contributed by atoms with Crippen LogP contribution in [0.2, 0.25) is 0 Å². The summed E-state index contributed by atoms with van der Waals surface area (Å²) in [6.45, 7) is 1.31. The van der Waals surface area contributed by atoms with Crippen LogP contribution in [0.1, 0.15) is 16.8 Å². The lowest BCUT2D eigenvalue weighted by molar-refractivity contribution is -0.0809. The van der Waals surface area contributed by atoms with Crippen molar-refractivity contribution in [3.05, 3.63) is 46.4 Å². The van der Waals surface area contributed by atoms with Crippen LogP contribution in [0.5, 0.6) is 0 Å². The second kappa shape index (κ2) is 6.03. The summed E-state index contributed by atoms with van der Waals surface area (Å²) in [6.07, 6.45) is 2.64. The number of carbonyl (C=O) groups is 1. The van der Waals surface area contributed by atoms with Crippen molar-refractivity contribution in [2.24, 2.45) is 11.8 Å². The third-order valence-electron chi connectivity index (χ3n) is 5.24. The minimum Gasteiger partial charge on any atom is -0.384 e. The van der Waals surface area contributed by atoms with Gasteiger partial charge < -0.3 is 19.8 Å². The normalized spacial score (nSPS) is 28.4. The number of hydrogen-bond acceptors (Lipinski definition) is 4. The Morgan fingerprint density at radius 1 is 1.38 bits per heavy atom. The van der Waals surface area contributed by atoms with E-state index in [-0.39, 0.29) is 29.5 Å². The molecule has 0 bridgehead atoms. The van der Waals surface area contributed by atoms with Crippen LogP contribution in [-0.2, 0) is 9.47 Å². The van der Waals surface area contributed by atoms with E-state index in [9.17, 15) is 9.59 Å². The maximum atomic E-state index is 12.8. The van der Waals surface area contributed by atoms with E-state index in [1.54, 1.807) is 25.3 Å². The van der Waals surface area contributed by atoms with Crippen LogP contribution < -0.4 is 10.9 Å². The molecular weight excluding hydrogens is 308 g/mol. The molecule has 4 atom stereocenters. The molecule has 1 saturated carbocycles. The molecule has 1 aliphatic carbocycles. The lowest BCUT2D eigenvalue weighted by Gasteiger charge is -2.47. The van der Waals surface area contributed by atoms with Gasteiger partial charge in [-0.25, -0.2) is 0 Å². The summed E-state index contributed by atoms with van der Waals surface area (Å²) >= 11 is 0. The van der Waals surface area contributed by atoms with Crippen LogP contribution in [-0.4, -0.2) is 43.4 Å². The lowest BCUT2D eigenvalue weighted by atomic mass is 9.67. The molecule has 0 radical (unpaired) electrons. The molecule has 0 spiro atoms. The number of carbonyl (C=O) groups excluding carboxylic acids is 1. The molecule has 1 amide bonds. The zero-order chi connectivity index (χ0) is 16.7. The largest absolute Gasteiger partial charge is 0.384 e. The standard InChI is InChI=1S/C18H20N2O4/c1-23-9-14-15(12-6-7-24-16(12)14)20-18(22)13-8-19-17(21)11-5-3-2-4-10(11)13/h2-5,8,12,14-16H,6-7,9H2,1H3,(H,19,21)(H,20,22)/t12-,14+,15-,16-/m0/s1. The minimum atomic E-state index is -0.188. The summed E-state index contributed by atoms with van der Waals surface area (Å²) in [6, 6.07) is 7.20. The van der Waals surface area contributed by atoms with Gasteiger partial charge in [-0.15, -0.1) is 0 Å². The van der Waals surface area contributed by atoms with Crippen molar-refractivity contribution in [3.63, 3.8) is 0 Å². The number of hydrogen-bond donors (Lipinski definition) is 2. The Morgan fingerprint density at radius 3 is 2.96 bits per heavy atom. The average Bonchev–Trinajstić information content (AvgIpc) is 3.02. The zero-order valence-corrected chi connectivity index (χ0v) is 13.5. The summed E-state index contributed by atoms with van der Waals surface area (Å²) < 4.78 is 11.0. The van der Waals surface area contributed by atoms with Gasteiger partial charge in [0.2, 0.25) is 0 Å². The Bertz CT molecular complexity index is 831. The number of pyridine rings is 1. The van der Waals surface area contributed by atoms with Crippen molar-refractivity contribution in [1.82, 2.24) is 10.3 Å². The molecule has 2 N–H and O–H groups in total. The molecule has 2 heterocycles. The smallest absolute Gasteiger partial charge is 0.255 e. The van der Waals surface area contributed by atoms with Crippen LogP contribution >= 0.6 is 0 Å². The monoisotopic (exact) mass is 328 g/mol. The van der Waals surface area contributed by atoms with Gasteiger partial charge in [-0.3, -0.25) is 9.59 Å². The first-order chi connectivity index (χ1) is 11.7. The fraction of sp³-hybridized carbons (Fsp3) is 0.444. The van der Waals surface area contributed by atoms with Crippen LogP contribution in [0.4, 0.5) is 0 Å². The molecule has 2 fully saturated rings. The summed E-state index contributed by atoms with van der Waals surface area (Å²) in [4.78, 5) is 27.4. The van der Waals surface area contributed by atoms with E-state index in [2.05, 4.69) is 10.3 Å². The van der Waals surface area contributed by atoms with Crippen LogP contribution in [0.15, 0.2) is 35.3 Å². The molecule has 1 aliphatic heterocycles. The summed E-state index contributed by atoms with van der Waals surface area (Å²) in [7, 11) is 1.66. The van der Waals surface area contributed by atoms with E-state index >= 15 is 0 Å². The molecule has 4 rings (SSSR count). The topological polar surface area (TPSA) is 80.4 Å². The number of H-pyrrole nitrogens is 1. The number of ether oxygens (including phenoxy) is 2. The maximum Gasteiger partial charge on any atom is 0.255 e. The highest BCUT2D eigenvalue weighted by Gasteiger charge is 2.54. The van der Waals surface area contributed by atoms with Crippen molar-refractivity contribution < 1.29 is 14.3 Å². The first kappa shape index (κ1) is 15.4. The Morgan fingerprint density at radius 2 is 2.17 bits per heavy atom. The second-order valence-electron chi connectivity index (χ2n) is 6.48. The Hall–Kier alpha value is -2.18. The van der Waals surface area contributed by atoms with Gasteiger partial charge >= 0.3 is 0 Å². The highest BCUT2D eigenvalue weighted by atomic mass is 16.5. The van der Waals surface area contributed by atoms with E-state index in [0.717, 1.165) is 13.0 Å². The number of benzene rings is 1. The van der Waals surface area contributed by atoms with E-state index in [0.29, 0.717) is 28.9 Å². The second-order valence-corrected chi connectivity index (χ2v) is 6.48. The molecule has 1 aromatic carbocycles. The highest BCUT2D eigenvalue weighted by molar-refractivity contribution is 6.06. The predicted octanol–water partition coefficient (Wildman–Crippen LogP) is 1.31. The van der Waals surface area contributed by atoms with Crippen LogP contribution in [0.3, 0.4) is 0 Å². The average molecular weight is 328 g/mol. The van der Waals surface area contributed by atoms with Gasteiger partial charge in [-0.1, -0.05) is 18.2 Å². The number of aromatic amines is 1. The number of methoxy groups -OCH3 is 1. The lowest BCUT2D eigenvalue weighted by Crippen LogP contribution is -2.62. The number of amides is 1. The van der Waals surface area contributed by atoms with E-state index in [4.69, 9.17) is 9.47 Å². The fourth-order valence-electron chi connectivity index (χ4n) is 4.06. The summed E-state index contributed by atoms with van der Waals surface area (Å²) in [5, 5.41) is 4.32. The van der Waals surface area contributed by atoms with Crippen molar-refractivity contribution in [3.8, 4) is 0 Å². The molecule has 24 heavy (non-hydrogen) atoms. The molecule has 2 aromatic rings. The molecule has 1 saturated heterocycles. The summed E-state index contributed by atoms with van der Waals surface area (Å²) in [5.74, 6) is 0.363. The SMILES string of the molecule is COC[C@@H]1[C@@H](NC(=O)c2c[nH]c(=O)c3ccccc23)[C@@H]2CCO[C@H]12. The molecule has 126 valence electrons. The van der Waals surface area contributed by atoms with E-state index < -0.39 is 0 Å². The first-order valence-electron chi connectivity index (χ1n) is 8.22. The molecule has 6 nitrogen and oxygen atoms in total. The number of rotatable bonds is 4. The highest BCUT2D eigenvalue weighted by Crippen LogP contribution is 2.43. The number of nitrogens with one attached hydrogen (secondary N) is 2. The molecule has 6 heteroatoms. The quantitative estimate of drug-likeness (QED) is 0.887. The Kier molecular flexibility index (Phi) is 3.86. The molecular formula is C18H20N2O4. The molecule has 0 unspecified atom stereocenters. The third-order valence-corrected chi connectivity index (χ3v) is 5.24. The van der Waals surface area contributed by atoms with Crippen LogP contribution in [0, 0.1) is 11.8 Å². The van der Waals surface area contributed by atoms with Gasteiger partial charge in [0.15, 0.2) is 0 Å². The van der Waals surface area contributed by atoms with Gasteiger partial charge in [0.25, 0.3) is 11.5 Å². The Labute approximate surface area is 139 Å². The maximum absolute atomic E-state index is 12.8. The molecule has 2 aliphatic rings. The number of fused-ring (bicyclic) bond motifs is 2. The fourth-order valence-corrected chi connectivity index (χ4v) is 4.06. The minimum absolute atomic E-state index is 0.0515. The van der Waals surface area contributed by atoms with Crippen LogP contribution in [0.25, 0.3) is 10.8 Å². The van der Waals surface area contributed by atoms with Gasteiger partial charge in [-0.2, -0.15) is 0 Å². The predicted molar refractivity (Wildman–Crippen MR) is 89.0 cm³/mol. The van der Waals surface area contributed by atoms with Crippen molar-refractivity contribution in [2.45, 2.75) is 18.6 Å². The van der Waals surface area contributed by atoms with E-state index in [1.807, 2.05) is 6.07 Å². The summed E-state index contributed by atoms with van der Waals surface area (Å²) in [5.41, 5.74) is 0.302. The number of aromatic nitrogens is 1. The Balaban J connectivity index is 1.61.